The second-order valence-electron chi connectivity index (χ2n) is 6.67. The van der Waals surface area contributed by atoms with Crippen molar-refractivity contribution in [3.8, 4) is 5.75 Å². The SMILES string of the molecule is CCCCCCOc1c(C(=O)OCc2ccccc2)ccc2c1C=CS2(=O)=O. The van der Waals surface area contributed by atoms with E-state index in [4.69, 9.17) is 9.47 Å². The summed E-state index contributed by atoms with van der Waals surface area (Å²) in [6, 6.07) is 12.3. The summed E-state index contributed by atoms with van der Waals surface area (Å²) in [5.41, 5.74) is 1.54. The van der Waals surface area contributed by atoms with Gasteiger partial charge in [-0.15, -0.1) is 0 Å². The molecule has 0 N–H and O–H groups in total. The van der Waals surface area contributed by atoms with Gasteiger partial charge >= 0.3 is 5.97 Å². The van der Waals surface area contributed by atoms with Crippen molar-refractivity contribution < 1.29 is 22.7 Å². The van der Waals surface area contributed by atoms with Crippen LogP contribution in [0.4, 0.5) is 0 Å². The van der Waals surface area contributed by atoms with Crippen LogP contribution >= 0.6 is 0 Å². The second kappa shape index (κ2) is 9.06. The van der Waals surface area contributed by atoms with Gasteiger partial charge in [0.2, 0.25) is 9.84 Å². The molecule has 0 saturated heterocycles. The molecule has 0 amide bonds. The molecule has 0 radical (unpaired) electrons. The zero-order valence-electron chi connectivity index (χ0n) is 15.9. The minimum Gasteiger partial charge on any atom is -0.492 e. The Kier molecular flexibility index (Phi) is 6.52. The van der Waals surface area contributed by atoms with Crippen LogP contribution in [0.15, 0.2) is 52.8 Å². The number of hydrogen-bond donors (Lipinski definition) is 0. The molecule has 0 atom stereocenters. The Labute approximate surface area is 165 Å². The van der Waals surface area contributed by atoms with Gasteiger partial charge in [-0.3, -0.25) is 0 Å². The van der Waals surface area contributed by atoms with Crippen molar-refractivity contribution >= 4 is 21.9 Å². The lowest BCUT2D eigenvalue weighted by Gasteiger charge is -2.15. The summed E-state index contributed by atoms with van der Waals surface area (Å²) in [5, 5.41) is 1.14. The molecule has 148 valence electrons. The van der Waals surface area contributed by atoms with E-state index >= 15 is 0 Å². The topological polar surface area (TPSA) is 69.7 Å². The molecule has 2 aromatic rings. The highest BCUT2D eigenvalue weighted by Crippen LogP contribution is 2.37. The lowest BCUT2D eigenvalue weighted by Crippen LogP contribution is -2.11. The third-order valence-corrected chi connectivity index (χ3v) is 6.02. The van der Waals surface area contributed by atoms with Crippen molar-refractivity contribution in [1.82, 2.24) is 0 Å². The molecule has 0 bridgehead atoms. The van der Waals surface area contributed by atoms with Crippen LogP contribution in [0.3, 0.4) is 0 Å². The highest BCUT2D eigenvalue weighted by molar-refractivity contribution is 7.94. The monoisotopic (exact) mass is 400 g/mol. The average molecular weight is 400 g/mol. The zero-order chi connectivity index (χ0) is 20.0. The lowest BCUT2D eigenvalue weighted by molar-refractivity contribution is 0.0467. The van der Waals surface area contributed by atoms with Gasteiger partial charge in [-0.1, -0.05) is 56.5 Å². The van der Waals surface area contributed by atoms with E-state index in [1.165, 1.54) is 18.2 Å². The van der Waals surface area contributed by atoms with E-state index < -0.39 is 15.8 Å². The van der Waals surface area contributed by atoms with E-state index in [1.54, 1.807) is 0 Å². The van der Waals surface area contributed by atoms with Gasteiger partial charge in [-0.2, -0.15) is 0 Å². The molecule has 0 fully saturated rings. The van der Waals surface area contributed by atoms with E-state index in [1.807, 2.05) is 30.3 Å². The molecule has 3 rings (SSSR count). The van der Waals surface area contributed by atoms with E-state index in [0.29, 0.717) is 12.2 Å². The van der Waals surface area contributed by atoms with Crippen molar-refractivity contribution in [2.24, 2.45) is 0 Å². The normalized spacial score (nSPS) is 13.9. The number of esters is 1. The average Bonchev–Trinajstić information content (AvgIpc) is 3.02. The zero-order valence-corrected chi connectivity index (χ0v) is 16.7. The van der Waals surface area contributed by atoms with Crippen molar-refractivity contribution in [2.45, 2.75) is 44.1 Å². The first-order valence-electron chi connectivity index (χ1n) is 9.47. The number of rotatable bonds is 9. The summed E-state index contributed by atoms with van der Waals surface area (Å²) < 4.78 is 35.6. The van der Waals surface area contributed by atoms with Gasteiger partial charge in [0, 0.05) is 11.0 Å². The van der Waals surface area contributed by atoms with Crippen LogP contribution < -0.4 is 4.74 Å². The smallest absolute Gasteiger partial charge is 0.342 e. The Balaban J connectivity index is 1.81. The summed E-state index contributed by atoms with van der Waals surface area (Å²) in [6.07, 6.45) is 5.56. The highest BCUT2D eigenvalue weighted by Gasteiger charge is 2.28. The summed E-state index contributed by atoms with van der Waals surface area (Å²) in [7, 11) is -3.48. The summed E-state index contributed by atoms with van der Waals surface area (Å²) in [4.78, 5) is 12.8. The molecule has 2 aromatic carbocycles. The van der Waals surface area contributed by atoms with Gasteiger partial charge in [-0.25, -0.2) is 13.2 Å². The first-order chi connectivity index (χ1) is 13.5. The van der Waals surface area contributed by atoms with E-state index in [9.17, 15) is 13.2 Å². The van der Waals surface area contributed by atoms with Gasteiger partial charge < -0.3 is 9.47 Å². The van der Waals surface area contributed by atoms with Crippen LogP contribution in [0.5, 0.6) is 5.75 Å². The largest absolute Gasteiger partial charge is 0.492 e. The Morgan fingerprint density at radius 2 is 1.79 bits per heavy atom. The van der Waals surface area contributed by atoms with Crippen molar-refractivity contribution in [2.75, 3.05) is 6.61 Å². The number of fused-ring (bicyclic) bond motifs is 1. The van der Waals surface area contributed by atoms with Crippen LogP contribution in [0.1, 0.15) is 54.1 Å². The fraction of sp³-hybridized carbons (Fsp3) is 0.318. The standard InChI is InChI=1S/C22H24O5S/c1-2-3-4-8-14-26-21-18-13-15-28(24,25)20(18)12-11-19(21)22(23)27-16-17-9-6-5-7-10-17/h5-7,9-13,15H,2-4,8,14,16H2,1H3. The van der Waals surface area contributed by atoms with Crippen LogP contribution in [0.25, 0.3) is 6.08 Å². The van der Waals surface area contributed by atoms with Crippen LogP contribution in [-0.4, -0.2) is 21.0 Å². The number of hydrogen-bond acceptors (Lipinski definition) is 5. The number of carbonyl (C=O) groups excluding carboxylic acids is 1. The molecule has 28 heavy (non-hydrogen) atoms. The number of carbonyl (C=O) groups is 1. The fourth-order valence-corrected chi connectivity index (χ4v) is 4.23. The molecule has 0 aromatic heterocycles. The first-order valence-corrected chi connectivity index (χ1v) is 11.0. The third-order valence-electron chi connectivity index (χ3n) is 4.55. The Morgan fingerprint density at radius 1 is 1.00 bits per heavy atom. The van der Waals surface area contributed by atoms with Crippen molar-refractivity contribution in [1.29, 1.82) is 0 Å². The summed E-state index contributed by atoms with van der Waals surface area (Å²) >= 11 is 0. The number of benzene rings is 2. The Hall–Kier alpha value is -2.60. The predicted octanol–water partition coefficient (Wildman–Crippen LogP) is 4.76. The molecule has 0 saturated carbocycles. The van der Waals surface area contributed by atoms with E-state index in [-0.39, 0.29) is 22.8 Å². The van der Waals surface area contributed by atoms with Gasteiger partial charge in [0.25, 0.3) is 0 Å². The van der Waals surface area contributed by atoms with Crippen LogP contribution in [-0.2, 0) is 21.2 Å². The second-order valence-corrected chi connectivity index (χ2v) is 8.47. The number of sulfone groups is 1. The minimum absolute atomic E-state index is 0.140. The maximum absolute atomic E-state index is 12.7. The minimum atomic E-state index is -3.48. The third kappa shape index (κ3) is 4.62. The van der Waals surface area contributed by atoms with Gasteiger partial charge in [0.15, 0.2) is 0 Å². The highest BCUT2D eigenvalue weighted by atomic mass is 32.2. The molecule has 1 heterocycles. The molecule has 5 nitrogen and oxygen atoms in total. The quantitative estimate of drug-likeness (QED) is 0.448. The lowest BCUT2D eigenvalue weighted by atomic mass is 10.1. The van der Waals surface area contributed by atoms with E-state index in [2.05, 4.69) is 6.92 Å². The molecule has 1 aliphatic heterocycles. The Bertz CT molecular complexity index is 962. The molecular formula is C22H24O5S. The molecule has 0 aliphatic carbocycles. The van der Waals surface area contributed by atoms with Crippen molar-refractivity contribution in [3.05, 3.63) is 64.6 Å². The van der Waals surface area contributed by atoms with Crippen molar-refractivity contribution in [3.63, 3.8) is 0 Å². The Morgan fingerprint density at radius 3 is 2.54 bits per heavy atom. The predicted molar refractivity (Wildman–Crippen MR) is 108 cm³/mol. The molecule has 6 heteroatoms. The van der Waals surface area contributed by atoms with Crippen LogP contribution in [0, 0.1) is 0 Å². The van der Waals surface area contributed by atoms with Crippen LogP contribution in [0.2, 0.25) is 0 Å². The van der Waals surface area contributed by atoms with E-state index in [0.717, 1.165) is 36.7 Å². The maximum Gasteiger partial charge on any atom is 0.342 e. The molecule has 1 aliphatic rings. The first kappa shape index (κ1) is 20.1. The molecule has 0 spiro atoms. The maximum atomic E-state index is 12.7. The summed E-state index contributed by atoms with van der Waals surface area (Å²) in [6.45, 7) is 2.69. The fourth-order valence-electron chi connectivity index (χ4n) is 3.04. The number of ether oxygens (including phenoxy) is 2. The number of unbranched alkanes of at least 4 members (excludes halogenated alkanes) is 3. The van der Waals surface area contributed by atoms with Gasteiger partial charge in [0.05, 0.1) is 11.5 Å². The molecule has 0 unspecified atom stereocenters. The molecular weight excluding hydrogens is 376 g/mol. The van der Waals surface area contributed by atoms with Gasteiger partial charge in [-0.05, 0) is 30.2 Å². The summed E-state index contributed by atoms with van der Waals surface area (Å²) in [5.74, 6) is -0.253. The van der Waals surface area contributed by atoms with Gasteiger partial charge in [0.1, 0.15) is 17.9 Å².